The number of likely N-dealkylation sites (tertiary alicyclic amines) is 1. The second-order valence-corrected chi connectivity index (χ2v) is 8.93. The van der Waals surface area contributed by atoms with E-state index in [9.17, 15) is 14.4 Å². The number of rotatable bonds is 3. The van der Waals surface area contributed by atoms with Crippen molar-refractivity contribution in [2.24, 2.45) is 0 Å². The molecule has 4 fully saturated rings. The topological polar surface area (TPSA) is 81.8 Å². The maximum atomic E-state index is 13.4. The molecular weight excluding hydrogens is 356 g/mol. The zero-order valence-electron chi connectivity index (χ0n) is 15.7. The van der Waals surface area contributed by atoms with Crippen molar-refractivity contribution in [1.29, 1.82) is 0 Å². The van der Waals surface area contributed by atoms with Crippen molar-refractivity contribution < 1.29 is 14.4 Å². The summed E-state index contributed by atoms with van der Waals surface area (Å²) < 4.78 is 0. The average Bonchev–Trinajstić information content (AvgIpc) is 3.35. The van der Waals surface area contributed by atoms with Gasteiger partial charge in [0.25, 0.3) is 0 Å². The van der Waals surface area contributed by atoms with Crippen molar-refractivity contribution in [3.63, 3.8) is 0 Å². The van der Waals surface area contributed by atoms with Crippen molar-refractivity contribution in [1.82, 2.24) is 15.5 Å². The molecule has 1 saturated carbocycles. The van der Waals surface area contributed by atoms with E-state index in [-0.39, 0.29) is 24.1 Å². The lowest BCUT2D eigenvalue weighted by molar-refractivity contribution is -0.135. The summed E-state index contributed by atoms with van der Waals surface area (Å²) in [7, 11) is 0. The third kappa shape index (κ3) is 2.14. The number of hydrogen-bond donors (Lipinski definition) is 2. The number of hydrogen-bond acceptors (Lipinski definition) is 5. The van der Waals surface area contributed by atoms with Crippen LogP contribution in [0.25, 0.3) is 0 Å². The summed E-state index contributed by atoms with van der Waals surface area (Å²) in [4.78, 5) is 41.7. The van der Waals surface area contributed by atoms with Crippen LogP contribution in [0.5, 0.6) is 0 Å². The first-order valence-electron chi connectivity index (χ1n) is 10.3. The van der Waals surface area contributed by atoms with Crippen LogP contribution in [0.2, 0.25) is 0 Å². The Hall–Kier alpha value is -2.25. The Morgan fingerprint density at radius 3 is 2.50 bits per heavy atom. The third-order valence-electron chi connectivity index (χ3n) is 7.34. The number of nitrogens with zero attached hydrogens (tertiary/aromatic N) is 2. The average molecular weight is 380 g/mol. The minimum Gasteiger partial charge on any atom is -0.314 e. The molecule has 1 aliphatic carbocycles. The van der Waals surface area contributed by atoms with E-state index in [0.29, 0.717) is 18.4 Å². The lowest BCUT2D eigenvalue weighted by Crippen LogP contribution is -2.63. The molecule has 4 aliphatic heterocycles. The van der Waals surface area contributed by atoms with E-state index in [0.717, 1.165) is 44.7 Å². The lowest BCUT2D eigenvalue weighted by atomic mass is 9.81. The van der Waals surface area contributed by atoms with E-state index in [1.807, 2.05) is 12.1 Å². The highest BCUT2D eigenvalue weighted by atomic mass is 16.2. The molecule has 7 heteroatoms. The minimum absolute atomic E-state index is 0.0591. The molecule has 3 amide bonds. The molecule has 0 aromatic heterocycles. The highest BCUT2D eigenvalue weighted by Crippen LogP contribution is 2.60. The molecule has 7 nitrogen and oxygen atoms in total. The standard InChI is InChI=1S/C21H24N4O3/c26-17-5-4-16(19(27)23-17)25-15-3-1-2-14(18(15)21(6-7-21)20(25)28)12-10-24(11-12)13-8-22-9-13/h1-3,12-13,16,22H,4-11H2,(H,23,26,27). The van der Waals surface area contributed by atoms with Crippen LogP contribution in [0.15, 0.2) is 18.2 Å². The number of carbonyl (C=O) groups is 3. The molecular formula is C21H24N4O3. The zero-order valence-corrected chi connectivity index (χ0v) is 15.7. The molecule has 3 saturated heterocycles. The zero-order chi connectivity index (χ0) is 19.0. The highest BCUT2D eigenvalue weighted by Gasteiger charge is 2.62. The summed E-state index contributed by atoms with van der Waals surface area (Å²) in [5.41, 5.74) is 2.94. The van der Waals surface area contributed by atoms with E-state index in [1.54, 1.807) is 4.90 Å². The number of carbonyl (C=O) groups excluding carboxylic acids is 3. The van der Waals surface area contributed by atoms with E-state index in [1.165, 1.54) is 11.1 Å². The van der Waals surface area contributed by atoms with Gasteiger partial charge in [-0.1, -0.05) is 12.1 Å². The Morgan fingerprint density at radius 1 is 1.07 bits per heavy atom. The number of benzene rings is 1. The molecule has 1 unspecified atom stereocenters. The van der Waals surface area contributed by atoms with Gasteiger partial charge in [-0.2, -0.15) is 0 Å². The molecule has 0 bridgehead atoms. The quantitative estimate of drug-likeness (QED) is 0.735. The van der Waals surface area contributed by atoms with Crippen LogP contribution in [-0.4, -0.2) is 60.9 Å². The molecule has 1 aromatic carbocycles. The van der Waals surface area contributed by atoms with Gasteiger partial charge in [0, 0.05) is 50.2 Å². The molecule has 1 aromatic rings. The number of nitrogens with one attached hydrogen (secondary N) is 2. The molecule has 2 N–H and O–H groups in total. The lowest BCUT2D eigenvalue weighted by Gasteiger charge is -2.48. The van der Waals surface area contributed by atoms with Gasteiger partial charge < -0.3 is 5.32 Å². The van der Waals surface area contributed by atoms with Gasteiger partial charge in [-0.3, -0.25) is 29.5 Å². The Labute approximate surface area is 163 Å². The summed E-state index contributed by atoms with van der Waals surface area (Å²) in [5, 5.41) is 5.74. The molecule has 4 heterocycles. The number of amides is 3. The Morgan fingerprint density at radius 2 is 1.86 bits per heavy atom. The summed E-state index contributed by atoms with van der Waals surface area (Å²) in [6, 6.07) is 6.28. The Balaban J connectivity index is 1.35. The second kappa shape index (κ2) is 5.64. The smallest absolute Gasteiger partial charge is 0.249 e. The third-order valence-corrected chi connectivity index (χ3v) is 7.34. The maximum Gasteiger partial charge on any atom is 0.249 e. The largest absolute Gasteiger partial charge is 0.314 e. The molecule has 146 valence electrons. The van der Waals surface area contributed by atoms with Crippen molar-refractivity contribution in [2.75, 3.05) is 31.1 Å². The van der Waals surface area contributed by atoms with Gasteiger partial charge in [0.1, 0.15) is 6.04 Å². The molecule has 5 aliphatic rings. The van der Waals surface area contributed by atoms with Crippen LogP contribution in [0, 0.1) is 0 Å². The number of fused-ring (bicyclic) bond motifs is 2. The number of imide groups is 1. The van der Waals surface area contributed by atoms with Crippen LogP contribution in [-0.2, 0) is 19.8 Å². The van der Waals surface area contributed by atoms with E-state index >= 15 is 0 Å². The van der Waals surface area contributed by atoms with Gasteiger partial charge in [0.05, 0.1) is 5.41 Å². The molecule has 6 rings (SSSR count). The van der Waals surface area contributed by atoms with Crippen LogP contribution in [0.1, 0.15) is 42.7 Å². The first-order chi connectivity index (χ1) is 13.6. The normalized spacial score (nSPS) is 29.5. The van der Waals surface area contributed by atoms with E-state index in [4.69, 9.17) is 0 Å². The van der Waals surface area contributed by atoms with Gasteiger partial charge in [0.15, 0.2) is 0 Å². The monoisotopic (exact) mass is 380 g/mol. The van der Waals surface area contributed by atoms with Gasteiger partial charge in [-0.15, -0.1) is 0 Å². The van der Waals surface area contributed by atoms with Crippen LogP contribution < -0.4 is 15.5 Å². The molecule has 1 spiro atoms. The summed E-state index contributed by atoms with van der Waals surface area (Å²) >= 11 is 0. The van der Waals surface area contributed by atoms with E-state index < -0.39 is 11.5 Å². The fourth-order valence-electron chi connectivity index (χ4n) is 5.43. The summed E-state index contributed by atoms with van der Waals surface area (Å²) in [5.74, 6) is -0.0691. The summed E-state index contributed by atoms with van der Waals surface area (Å²) in [6.07, 6.45) is 2.42. The predicted octanol–water partition coefficient (Wildman–Crippen LogP) is 0.241. The Bertz CT molecular complexity index is 899. The van der Waals surface area contributed by atoms with Crippen LogP contribution >= 0.6 is 0 Å². The number of piperidine rings is 1. The van der Waals surface area contributed by atoms with Crippen molar-refractivity contribution in [3.05, 3.63) is 29.3 Å². The fraction of sp³-hybridized carbons (Fsp3) is 0.571. The maximum absolute atomic E-state index is 13.4. The highest BCUT2D eigenvalue weighted by molar-refractivity contribution is 6.15. The second-order valence-electron chi connectivity index (χ2n) is 8.93. The molecule has 1 atom stereocenters. The van der Waals surface area contributed by atoms with E-state index in [2.05, 4.69) is 21.6 Å². The minimum atomic E-state index is -0.571. The van der Waals surface area contributed by atoms with Crippen molar-refractivity contribution >= 4 is 23.4 Å². The first-order valence-corrected chi connectivity index (χ1v) is 10.3. The first kappa shape index (κ1) is 16.7. The van der Waals surface area contributed by atoms with Crippen LogP contribution in [0.3, 0.4) is 0 Å². The summed E-state index contributed by atoms with van der Waals surface area (Å²) in [6.45, 7) is 4.24. The SMILES string of the molecule is O=C1CCC(N2C(=O)C3(CC3)c3c(C4CN(C5CNC5)C4)cccc32)C(=O)N1. The Kier molecular flexibility index (Phi) is 3.36. The molecule has 0 radical (unpaired) electrons. The predicted molar refractivity (Wildman–Crippen MR) is 102 cm³/mol. The van der Waals surface area contributed by atoms with Gasteiger partial charge in [-0.25, -0.2) is 0 Å². The van der Waals surface area contributed by atoms with Gasteiger partial charge >= 0.3 is 0 Å². The number of anilines is 1. The van der Waals surface area contributed by atoms with Crippen LogP contribution in [0.4, 0.5) is 5.69 Å². The van der Waals surface area contributed by atoms with Crippen molar-refractivity contribution in [2.45, 2.75) is 49.1 Å². The van der Waals surface area contributed by atoms with Crippen molar-refractivity contribution in [3.8, 4) is 0 Å². The molecule has 28 heavy (non-hydrogen) atoms. The fourth-order valence-corrected chi connectivity index (χ4v) is 5.43. The van der Waals surface area contributed by atoms with Gasteiger partial charge in [-0.05, 0) is 36.5 Å². The van der Waals surface area contributed by atoms with Gasteiger partial charge in [0.2, 0.25) is 17.7 Å².